The molecule has 0 radical (unpaired) electrons. The summed E-state index contributed by atoms with van der Waals surface area (Å²) in [7, 11) is 1.71. The van der Waals surface area contributed by atoms with Crippen LogP contribution in [0.4, 0.5) is 5.69 Å². The number of hydrogen-bond acceptors (Lipinski definition) is 3. The molecular weight excluding hydrogens is 370 g/mol. The van der Waals surface area contributed by atoms with Gasteiger partial charge >= 0.3 is 0 Å². The van der Waals surface area contributed by atoms with Gasteiger partial charge in [-0.15, -0.1) is 0 Å². The van der Waals surface area contributed by atoms with Gasteiger partial charge in [0.05, 0.1) is 13.7 Å². The van der Waals surface area contributed by atoms with E-state index in [-0.39, 0.29) is 0 Å². The minimum atomic E-state index is 0.402. The molecule has 0 amide bonds. The summed E-state index contributed by atoms with van der Waals surface area (Å²) in [6, 6.07) is 21.2. The largest absolute Gasteiger partial charge is 0.497 e. The number of methoxy groups -OCH3 is 1. The molecule has 3 rings (SSSR count). The predicted molar refractivity (Wildman–Crippen MR) is 128 cm³/mol. The first-order valence-electron chi connectivity index (χ1n) is 11.2. The highest BCUT2D eigenvalue weighted by molar-refractivity contribution is 5.84. The molecular formula is C27H35NO2. The van der Waals surface area contributed by atoms with Crippen molar-refractivity contribution in [2.24, 2.45) is 0 Å². The first kappa shape index (κ1) is 22.0. The van der Waals surface area contributed by atoms with E-state index in [1.54, 1.807) is 7.11 Å². The summed E-state index contributed by atoms with van der Waals surface area (Å²) in [6.07, 6.45) is 6.29. The Morgan fingerprint density at radius 1 is 0.833 bits per heavy atom. The topological polar surface area (TPSA) is 30.5 Å². The first-order valence-corrected chi connectivity index (χ1v) is 11.2. The lowest BCUT2D eigenvalue weighted by Gasteiger charge is -2.16. The first-order chi connectivity index (χ1) is 14.7. The summed E-state index contributed by atoms with van der Waals surface area (Å²) in [5.41, 5.74) is 2.44. The summed E-state index contributed by atoms with van der Waals surface area (Å²) in [5.74, 6) is 2.25. The van der Waals surface area contributed by atoms with Gasteiger partial charge in [-0.05, 0) is 52.9 Å². The van der Waals surface area contributed by atoms with Crippen molar-refractivity contribution in [3.63, 3.8) is 0 Å². The fourth-order valence-electron chi connectivity index (χ4n) is 3.66. The molecule has 3 nitrogen and oxygen atoms in total. The highest BCUT2D eigenvalue weighted by Crippen LogP contribution is 2.26. The van der Waals surface area contributed by atoms with Gasteiger partial charge in [0.25, 0.3) is 0 Å². The molecule has 0 aliphatic carbocycles. The minimum absolute atomic E-state index is 0.402. The van der Waals surface area contributed by atoms with Crippen molar-refractivity contribution in [3.8, 4) is 11.5 Å². The van der Waals surface area contributed by atoms with Crippen LogP contribution in [-0.2, 0) is 0 Å². The lowest BCUT2D eigenvalue weighted by Crippen LogP contribution is -2.10. The molecule has 0 fully saturated rings. The molecule has 0 heterocycles. The van der Waals surface area contributed by atoms with Crippen LogP contribution >= 0.6 is 0 Å². The van der Waals surface area contributed by atoms with Gasteiger partial charge in [-0.1, -0.05) is 69.9 Å². The molecule has 1 unspecified atom stereocenters. The van der Waals surface area contributed by atoms with Gasteiger partial charge < -0.3 is 14.8 Å². The van der Waals surface area contributed by atoms with Crippen LogP contribution < -0.4 is 14.8 Å². The van der Waals surface area contributed by atoms with E-state index < -0.39 is 0 Å². The molecule has 3 heteroatoms. The second-order valence-electron chi connectivity index (χ2n) is 8.04. The minimum Gasteiger partial charge on any atom is -0.497 e. The van der Waals surface area contributed by atoms with Gasteiger partial charge in [-0.3, -0.25) is 0 Å². The SMILES string of the molecule is CCCCCCCOc1cccc(NCC(C)c2ccc3cc(OC)ccc3c2)c1. The summed E-state index contributed by atoms with van der Waals surface area (Å²) >= 11 is 0. The maximum Gasteiger partial charge on any atom is 0.121 e. The second kappa shape index (κ2) is 11.5. The average molecular weight is 406 g/mol. The van der Waals surface area contributed by atoms with Crippen molar-refractivity contribution >= 4 is 16.5 Å². The van der Waals surface area contributed by atoms with Crippen LogP contribution in [0, 0.1) is 0 Å². The maximum absolute atomic E-state index is 5.94. The van der Waals surface area contributed by atoms with E-state index in [9.17, 15) is 0 Å². The quantitative estimate of drug-likeness (QED) is 0.318. The average Bonchev–Trinajstić information content (AvgIpc) is 2.79. The van der Waals surface area contributed by atoms with Crippen LogP contribution in [0.25, 0.3) is 10.8 Å². The van der Waals surface area contributed by atoms with Gasteiger partial charge in [0.1, 0.15) is 11.5 Å². The van der Waals surface area contributed by atoms with Gasteiger partial charge in [-0.2, -0.15) is 0 Å². The number of hydrogen-bond donors (Lipinski definition) is 1. The Morgan fingerprint density at radius 2 is 1.63 bits per heavy atom. The van der Waals surface area contributed by atoms with Crippen LogP contribution in [0.1, 0.15) is 57.4 Å². The van der Waals surface area contributed by atoms with Crippen LogP contribution in [0.2, 0.25) is 0 Å². The number of fused-ring (bicyclic) bond motifs is 1. The fraction of sp³-hybridized carbons (Fsp3) is 0.407. The second-order valence-corrected chi connectivity index (χ2v) is 8.04. The lowest BCUT2D eigenvalue weighted by atomic mass is 9.97. The van der Waals surface area contributed by atoms with Crippen molar-refractivity contribution in [1.29, 1.82) is 0 Å². The zero-order valence-corrected chi connectivity index (χ0v) is 18.6. The fourth-order valence-corrected chi connectivity index (χ4v) is 3.66. The van der Waals surface area contributed by atoms with E-state index in [2.05, 4.69) is 67.7 Å². The van der Waals surface area contributed by atoms with Crippen LogP contribution in [0.5, 0.6) is 11.5 Å². The van der Waals surface area contributed by atoms with E-state index >= 15 is 0 Å². The van der Waals surface area contributed by atoms with Crippen LogP contribution in [0.3, 0.4) is 0 Å². The van der Waals surface area contributed by atoms with Gasteiger partial charge in [0.15, 0.2) is 0 Å². The third-order valence-corrected chi connectivity index (χ3v) is 5.60. The highest BCUT2D eigenvalue weighted by atomic mass is 16.5. The Hall–Kier alpha value is -2.68. The van der Waals surface area contributed by atoms with Crippen molar-refractivity contribution in [2.75, 3.05) is 25.6 Å². The molecule has 0 aliphatic heterocycles. The standard InChI is InChI=1S/C27H35NO2/c1-4-5-6-7-8-16-30-27-11-9-10-25(19-27)28-20-21(2)22-12-13-24-18-26(29-3)15-14-23(24)17-22/h9-15,17-19,21,28H,4-8,16,20H2,1-3H3. The Morgan fingerprint density at radius 3 is 2.47 bits per heavy atom. The molecule has 0 aliphatic rings. The summed E-state index contributed by atoms with van der Waals surface area (Å²) in [4.78, 5) is 0. The van der Waals surface area contributed by atoms with Gasteiger partial charge in [0, 0.05) is 18.3 Å². The zero-order valence-electron chi connectivity index (χ0n) is 18.6. The summed E-state index contributed by atoms with van der Waals surface area (Å²) in [5, 5.41) is 6.02. The predicted octanol–water partition coefficient (Wildman–Crippen LogP) is 7.41. The maximum atomic E-state index is 5.94. The number of benzene rings is 3. The molecule has 1 N–H and O–H groups in total. The molecule has 0 saturated carbocycles. The summed E-state index contributed by atoms with van der Waals surface area (Å²) < 4.78 is 11.3. The molecule has 0 spiro atoms. The third kappa shape index (κ3) is 6.41. The lowest BCUT2D eigenvalue weighted by molar-refractivity contribution is 0.304. The highest BCUT2D eigenvalue weighted by Gasteiger charge is 2.07. The number of anilines is 1. The molecule has 160 valence electrons. The third-order valence-electron chi connectivity index (χ3n) is 5.60. The Labute approximate surface area is 181 Å². The molecule has 0 bridgehead atoms. The Bertz CT molecular complexity index is 922. The Kier molecular flexibility index (Phi) is 8.43. The molecule has 0 aromatic heterocycles. The normalized spacial score (nSPS) is 12.0. The van der Waals surface area contributed by atoms with E-state index in [0.717, 1.165) is 36.8 Å². The zero-order chi connectivity index (χ0) is 21.2. The number of nitrogens with one attached hydrogen (secondary N) is 1. The number of ether oxygens (including phenoxy) is 2. The molecule has 0 saturated heterocycles. The van der Waals surface area contributed by atoms with E-state index in [0.29, 0.717) is 5.92 Å². The molecule has 1 atom stereocenters. The number of rotatable bonds is 12. The van der Waals surface area contributed by atoms with Crippen molar-refractivity contribution in [1.82, 2.24) is 0 Å². The van der Waals surface area contributed by atoms with Crippen molar-refractivity contribution in [3.05, 3.63) is 66.2 Å². The van der Waals surface area contributed by atoms with Gasteiger partial charge in [0.2, 0.25) is 0 Å². The van der Waals surface area contributed by atoms with Crippen molar-refractivity contribution in [2.45, 2.75) is 51.9 Å². The molecule has 3 aromatic carbocycles. The molecule has 30 heavy (non-hydrogen) atoms. The number of unbranched alkanes of at least 4 members (excludes halogenated alkanes) is 4. The monoisotopic (exact) mass is 405 g/mol. The van der Waals surface area contributed by atoms with Crippen LogP contribution in [-0.4, -0.2) is 20.3 Å². The van der Waals surface area contributed by atoms with Gasteiger partial charge in [-0.25, -0.2) is 0 Å². The van der Waals surface area contributed by atoms with Crippen molar-refractivity contribution < 1.29 is 9.47 Å². The van der Waals surface area contributed by atoms with E-state index in [1.807, 2.05) is 12.1 Å². The van der Waals surface area contributed by atoms with Crippen LogP contribution in [0.15, 0.2) is 60.7 Å². The van der Waals surface area contributed by atoms with E-state index in [4.69, 9.17) is 9.47 Å². The Balaban J connectivity index is 1.51. The molecule has 3 aromatic rings. The summed E-state index contributed by atoms with van der Waals surface area (Å²) in [6.45, 7) is 6.18. The smallest absolute Gasteiger partial charge is 0.121 e. The van der Waals surface area contributed by atoms with E-state index in [1.165, 1.54) is 42.0 Å².